The number of piperazine rings is 1. The van der Waals surface area contributed by atoms with Gasteiger partial charge < -0.3 is 9.80 Å². The molecule has 1 amide bonds. The molecule has 0 radical (unpaired) electrons. The van der Waals surface area contributed by atoms with Crippen molar-refractivity contribution in [3.05, 3.63) is 52.3 Å². The van der Waals surface area contributed by atoms with Gasteiger partial charge in [0.2, 0.25) is 0 Å². The Bertz CT molecular complexity index is 913. The highest BCUT2D eigenvalue weighted by Crippen LogP contribution is 2.21. The number of amides is 1. The SMILES string of the molecule is Cc1ccc2[nH]nc(C(=O)N3CCN(c4ccc(Br)cn4)CC3)c2c1. The molecule has 0 bridgehead atoms. The Balaban J connectivity index is 1.49. The quantitative estimate of drug-likeness (QED) is 0.719. The summed E-state index contributed by atoms with van der Waals surface area (Å²) in [4.78, 5) is 21.4. The van der Waals surface area contributed by atoms with Crippen LogP contribution in [0.15, 0.2) is 41.0 Å². The largest absolute Gasteiger partial charge is 0.353 e. The summed E-state index contributed by atoms with van der Waals surface area (Å²) >= 11 is 3.40. The Morgan fingerprint density at radius 2 is 1.96 bits per heavy atom. The molecule has 1 aliphatic rings. The Hall–Kier alpha value is -2.41. The minimum absolute atomic E-state index is 0.0136. The molecule has 3 heterocycles. The second kappa shape index (κ2) is 6.48. The lowest BCUT2D eigenvalue weighted by atomic mass is 10.1. The molecule has 0 spiro atoms. The number of nitrogens with one attached hydrogen (secondary N) is 1. The van der Waals surface area contributed by atoms with Crippen LogP contribution >= 0.6 is 15.9 Å². The number of hydrogen-bond acceptors (Lipinski definition) is 4. The average molecular weight is 400 g/mol. The summed E-state index contributed by atoms with van der Waals surface area (Å²) in [7, 11) is 0. The zero-order valence-corrected chi connectivity index (χ0v) is 15.5. The fraction of sp³-hybridized carbons (Fsp3) is 0.278. The van der Waals surface area contributed by atoms with Gasteiger partial charge in [0, 0.05) is 42.2 Å². The molecule has 1 saturated heterocycles. The van der Waals surface area contributed by atoms with Crippen LogP contribution in [-0.2, 0) is 0 Å². The van der Waals surface area contributed by atoms with Gasteiger partial charge in [0.15, 0.2) is 5.69 Å². The van der Waals surface area contributed by atoms with Crippen molar-refractivity contribution in [2.45, 2.75) is 6.92 Å². The first kappa shape index (κ1) is 16.1. The summed E-state index contributed by atoms with van der Waals surface area (Å²) in [5, 5.41) is 8.09. The molecule has 7 heteroatoms. The highest BCUT2D eigenvalue weighted by molar-refractivity contribution is 9.10. The van der Waals surface area contributed by atoms with Crippen LogP contribution in [0.4, 0.5) is 5.82 Å². The maximum Gasteiger partial charge on any atom is 0.275 e. The number of halogens is 1. The van der Waals surface area contributed by atoms with Crippen LogP contribution in [0.25, 0.3) is 10.9 Å². The van der Waals surface area contributed by atoms with Gasteiger partial charge in [-0.15, -0.1) is 0 Å². The number of nitrogens with zero attached hydrogens (tertiary/aromatic N) is 4. The number of carbonyl (C=O) groups excluding carboxylic acids is 1. The third kappa shape index (κ3) is 3.11. The van der Waals surface area contributed by atoms with Gasteiger partial charge >= 0.3 is 0 Å². The van der Waals surface area contributed by atoms with E-state index in [0.29, 0.717) is 18.8 Å². The van der Waals surface area contributed by atoms with Crippen molar-refractivity contribution in [1.29, 1.82) is 0 Å². The van der Waals surface area contributed by atoms with Crippen molar-refractivity contribution in [3.63, 3.8) is 0 Å². The molecule has 0 unspecified atom stereocenters. The molecule has 1 aliphatic heterocycles. The van der Waals surface area contributed by atoms with Crippen molar-refractivity contribution < 1.29 is 4.79 Å². The number of hydrogen-bond donors (Lipinski definition) is 1. The van der Waals surface area contributed by atoms with Gasteiger partial charge in [-0.25, -0.2) is 4.98 Å². The van der Waals surface area contributed by atoms with Gasteiger partial charge in [-0.05, 0) is 47.1 Å². The van der Waals surface area contributed by atoms with E-state index < -0.39 is 0 Å². The molecule has 0 atom stereocenters. The van der Waals surface area contributed by atoms with Gasteiger partial charge in [-0.3, -0.25) is 9.89 Å². The number of aryl methyl sites for hydroxylation is 1. The first-order chi connectivity index (χ1) is 12.1. The second-order valence-corrected chi connectivity index (χ2v) is 7.15. The van der Waals surface area contributed by atoms with E-state index in [4.69, 9.17) is 0 Å². The number of aromatic amines is 1. The smallest absolute Gasteiger partial charge is 0.275 e. The average Bonchev–Trinajstić information content (AvgIpc) is 3.05. The van der Waals surface area contributed by atoms with E-state index in [1.54, 1.807) is 6.20 Å². The van der Waals surface area contributed by atoms with Gasteiger partial charge in [-0.2, -0.15) is 5.10 Å². The van der Waals surface area contributed by atoms with Crippen molar-refractivity contribution in [1.82, 2.24) is 20.1 Å². The third-order valence-electron chi connectivity index (χ3n) is 4.52. The molecule has 1 N–H and O–H groups in total. The minimum Gasteiger partial charge on any atom is -0.353 e. The van der Waals surface area contributed by atoms with Gasteiger partial charge in [0.05, 0.1) is 5.52 Å². The van der Waals surface area contributed by atoms with Crippen LogP contribution in [0.2, 0.25) is 0 Å². The zero-order valence-electron chi connectivity index (χ0n) is 13.9. The van der Waals surface area contributed by atoms with Crippen LogP contribution in [0.1, 0.15) is 16.1 Å². The molecule has 0 saturated carbocycles. The molecule has 1 fully saturated rings. The van der Waals surface area contributed by atoms with E-state index in [2.05, 4.69) is 36.0 Å². The number of anilines is 1. The predicted molar refractivity (Wildman–Crippen MR) is 101 cm³/mol. The van der Waals surface area contributed by atoms with Crippen molar-refractivity contribution in [3.8, 4) is 0 Å². The van der Waals surface area contributed by atoms with Crippen LogP contribution in [0.5, 0.6) is 0 Å². The first-order valence-electron chi connectivity index (χ1n) is 8.22. The predicted octanol–water partition coefficient (Wildman–Crippen LogP) is 2.99. The van der Waals surface area contributed by atoms with E-state index in [0.717, 1.165) is 39.8 Å². The molecule has 1 aromatic carbocycles. The van der Waals surface area contributed by atoms with E-state index in [-0.39, 0.29) is 5.91 Å². The molecule has 4 rings (SSSR count). The number of pyridine rings is 1. The molecule has 3 aromatic rings. The van der Waals surface area contributed by atoms with Crippen LogP contribution in [-0.4, -0.2) is 52.2 Å². The van der Waals surface area contributed by atoms with E-state index in [1.807, 2.05) is 42.2 Å². The first-order valence-corrected chi connectivity index (χ1v) is 9.01. The Labute approximate surface area is 154 Å². The van der Waals surface area contributed by atoms with Crippen molar-refractivity contribution in [2.24, 2.45) is 0 Å². The topological polar surface area (TPSA) is 65.1 Å². The number of benzene rings is 1. The van der Waals surface area contributed by atoms with E-state index >= 15 is 0 Å². The maximum atomic E-state index is 12.9. The Kier molecular flexibility index (Phi) is 4.17. The van der Waals surface area contributed by atoms with Gasteiger partial charge in [-0.1, -0.05) is 11.6 Å². The molecular weight excluding hydrogens is 382 g/mol. The van der Waals surface area contributed by atoms with Crippen LogP contribution in [0, 0.1) is 6.92 Å². The normalized spacial score (nSPS) is 15.0. The molecule has 6 nitrogen and oxygen atoms in total. The number of H-pyrrole nitrogens is 1. The lowest BCUT2D eigenvalue weighted by Crippen LogP contribution is -2.49. The molecular formula is C18H18BrN5O. The van der Waals surface area contributed by atoms with Crippen molar-refractivity contribution in [2.75, 3.05) is 31.1 Å². The fourth-order valence-corrected chi connectivity index (χ4v) is 3.37. The summed E-state index contributed by atoms with van der Waals surface area (Å²) in [6.45, 7) is 4.88. The number of rotatable bonds is 2. The zero-order chi connectivity index (χ0) is 17.4. The standard InChI is InChI=1S/C18H18BrN5O/c1-12-2-4-15-14(10-12)17(22-21-15)18(25)24-8-6-23(7-9-24)16-5-3-13(19)11-20-16/h2-5,10-11H,6-9H2,1H3,(H,21,22). The van der Waals surface area contributed by atoms with Crippen molar-refractivity contribution >= 4 is 38.6 Å². The number of aromatic nitrogens is 3. The number of carbonyl (C=O) groups is 1. The lowest BCUT2D eigenvalue weighted by Gasteiger charge is -2.35. The van der Waals surface area contributed by atoms with Crippen LogP contribution < -0.4 is 4.90 Å². The second-order valence-electron chi connectivity index (χ2n) is 6.24. The monoisotopic (exact) mass is 399 g/mol. The van der Waals surface area contributed by atoms with Gasteiger partial charge in [0.25, 0.3) is 5.91 Å². The Morgan fingerprint density at radius 3 is 2.68 bits per heavy atom. The summed E-state index contributed by atoms with van der Waals surface area (Å²) in [5.41, 5.74) is 2.52. The minimum atomic E-state index is -0.0136. The summed E-state index contributed by atoms with van der Waals surface area (Å²) in [6, 6.07) is 9.96. The third-order valence-corrected chi connectivity index (χ3v) is 4.99. The summed E-state index contributed by atoms with van der Waals surface area (Å²) in [6.07, 6.45) is 1.80. The summed E-state index contributed by atoms with van der Waals surface area (Å²) < 4.78 is 0.964. The Morgan fingerprint density at radius 1 is 1.16 bits per heavy atom. The molecule has 128 valence electrons. The fourth-order valence-electron chi connectivity index (χ4n) is 3.13. The summed E-state index contributed by atoms with van der Waals surface area (Å²) in [5.74, 6) is 0.927. The van der Waals surface area contributed by atoms with Gasteiger partial charge in [0.1, 0.15) is 5.82 Å². The maximum absolute atomic E-state index is 12.9. The van der Waals surface area contributed by atoms with E-state index in [1.165, 1.54) is 0 Å². The molecule has 0 aliphatic carbocycles. The number of fused-ring (bicyclic) bond motifs is 1. The van der Waals surface area contributed by atoms with E-state index in [9.17, 15) is 4.79 Å². The van der Waals surface area contributed by atoms with Crippen LogP contribution in [0.3, 0.4) is 0 Å². The molecule has 2 aromatic heterocycles. The highest BCUT2D eigenvalue weighted by Gasteiger charge is 2.25. The highest BCUT2D eigenvalue weighted by atomic mass is 79.9. The molecule has 25 heavy (non-hydrogen) atoms. The lowest BCUT2D eigenvalue weighted by molar-refractivity contribution is 0.0742.